The van der Waals surface area contributed by atoms with E-state index in [0.717, 1.165) is 34.6 Å². The largest absolute Gasteiger partial charge is 0.388 e. The predicted octanol–water partition coefficient (Wildman–Crippen LogP) is 3.41. The number of nitrogens with zero attached hydrogens (tertiary/aromatic N) is 2. The fourth-order valence-corrected chi connectivity index (χ4v) is 3.05. The minimum absolute atomic E-state index is 0.475. The molecule has 0 fully saturated rings. The fourth-order valence-electron chi connectivity index (χ4n) is 3.05. The van der Waals surface area contributed by atoms with Gasteiger partial charge in [0.2, 0.25) is 0 Å². The Kier molecular flexibility index (Phi) is 4.29. The van der Waals surface area contributed by atoms with Crippen molar-refractivity contribution in [1.29, 1.82) is 0 Å². The second-order valence-corrected chi connectivity index (χ2v) is 5.63. The molecule has 0 saturated carbocycles. The first-order chi connectivity index (χ1) is 9.42. The molecule has 1 aromatic carbocycles. The van der Waals surface area contributed by atoms with Crippen LogP contribution in [0, 0.1) is 27.7 Å². The van der Waals surface area contributed by atoms with Gasteiger partial charge in [0.25, 0.3) is 0 Å². The van der Waals surface area contributed by atoms with E-state index in [1.165, 1.54) is 5.56 Å². The summed E-state index contributed by atoms with van der Waals surface area (Å²) in [4.78, 5) is 0. The molecule has 0 amide bonds. The minimum Gasteiger partial charge on any atom is -0.388 e. The number of aryl methyl sites for hydroxylation is 5. The first-order valence-electron chi connectivity index (χ1n) is 7.21. The smallest absolute Gasteiger partial charge is 0.0850 e. The summed E-state index contributed by atoms with van der Waals surface area (Å²) in [6.07, 6.45) is 0.136. The highest BCUT2D eigenvalue weighted by Gasteiger charge is 2.17. The minimum atomic E-state index is -0.475. The summed E-state index contributed by atoms with van der Waals surface area (Å²) in [6, 6.07) is 6.33. The van der Waals surface area contributed by atoms with E-state index in [0.29, 0.717) is 6.42 Å². The zero-order valence-electron chi connectivity index (χ0n) is 13.1. The quantitative estimate of drug-likeness (QED) is 0.926. The van der Waals surface area contributed by atoms with E-state index >= 15 is 0 Å². The highest BCUT2D eigenvalue weighted by Crippen LogP contribution is 2.26. The molecule has 20 heavy (non-hydrogen) atoms. The van der Waals surface area contributed by atoms with Gasteiger partial charge in [0, 0.05) is 18.7 Å². The number of hydrogen-bond donors (Lipinski definition) is 1. The monoisotopic (exact) mass is 272 g/mol. The van der Waals surface area contributed by atoms with Crippen molar-refractivity contribution < 1.29 is 5.11 Å². The van der Waals surface area contributed by atoms with E-state index < -0.39 is 6.10 Å². The molecule has 0 bridgehead atoms. The molecule has 0 radical (unpaired) electrons. The molecular formula is C17H24N2O. The lowest BCUT2D eigenvalue weighted by atomic mass is 9.93. The van der Waals surface area contributed by atoms with Crippen LogP contribution in [0.15, 0.2) is 18.2 Å². The molecule has 108 valence electrons. The maximum atomic E-state index is 10.6. The Morgan fingerprint density at radius 1 is 1.10 bits per heavy atom. The van der Waals surface area contributed by atoms with Crippen LogP contribution < -0.4 is 0 Å². The van der Waals surface area contributed by atoms with Crippen molar-refractivity contribution in [3.63, 3.8) is 0 Å². The van der Waals surface area contributed by atoms with E-state index in [2.05, 4.69) is 51.0 Å². The van der Waals surface area contributed by atoms with Crippen molar-refractivity contribution in [3.05, 3.63) is 51.8 Å². The van der Waals surface area contributed by atoms with Crippen LogP contribution in [0.25, 0.3) is 0 Å². The average Bonchev–Trinajstić information content (AvgIpc) is 2.67. The van der Waals surface area contributed by atoms with Crippen LogP contribution in [0.2, 0.25) is 0 Å². The lowest BCUT2D eigenvalue weighted by Gasteiger charge is -2.18. The van der Waals surface area contributed by atoms with E-state index in [4.69, 9.17) is 0 Å². The summed E-state index contributed by atoms with van der Waals surface area (Å²) in [5, 5.41) is 15.1. The van der Waals surface area contributed by atoms with Crippen LogP contribution in [0.5, 0.6) is 0 Å². The first kappa shape index (κ1) is 14.8. The van der Waals surface area contributed by atoms with Crippen molar-refractivity contribution in [2.75, 3.05) is 0 Å². The van der Waals surface area contributed by atoms with Crippen molar-refractivity contribution in [1.82, 2.24) is 9.78 Å². The molecule has 2 aromatic rings. The van der Waals surface area contributed by atoms with E-state index in [9.17, 15) is 5.11 Å². The van der Waals surface area contributed by atoms with Gasteiger partial charge in [-0.05, 0) is 57.4 Å². The number of rotatable bonds is 4. The summed E-state index contributed by atoms with van der Waals surface area (Å²) in [6.45, 7) is 11.1. The Bertz CT molecular complexity index is 590. The summed E-state index contributed by atoms with van der Waals surface area (Å²) in [5.74, 6) is 0. The molecule has 1 N–H and O–H groups in total. The van der Waals surface area contributed by atoms with Gasteiger partial charge in [0.15, 0.2) is 0 Å². The highest BCUT2D eigenvalue weighted by atomic mass is 16.3. The maximum Gasteiger partial charge on any atom is 0.0850 e. The number of aromatic nitrogens is 2. The Balaban J connectivity index is 2.30. The van der Waals surface area contributed by atoms with Gasteiger partial charge >= 0.3 is 0 Å². The van der Waals surface area contributed by atoms with Gasteiger partial charge in [-0.2, -0.15) is 5.10 Å². The standard InChI is InChI=1S/C17H24N2O/c1-6-19-15(9-14(5)18-19)10-16(20)17-12(3)7-11(2)8-13(17)4/h7-9,16,20H,6,10H2,1-5H3. The van der Waals surface area contributed by atoms with E-state index in [1.54, 1.807) is 0 Å². The number of benzene rings is 1. The van der Waals surface area contributed by atoms with Crippen LogP contribution in [0.1, 0.15) is 46.7 Å². The summed E-state index contributed by atoms with van der Waals surface area (Å²) in [7, 11) is 0. The van der Waals surface area contributed by atoms with Gasteiger partial charge < -0.3 is 5.11 Å². The molecular weight excluding hydrogens is 248 g/mol. The highest BCUT2D eigenvalue weighted by molar-refractivity contribution is 5.39. The van der Waals surface area contributed by atoms with Gasteiger partial charge in [-0.1, -0.05) is 17.7 Å². The van der Waals surface area contributed by atoms with Crippen molar-refractivity contribution in [3.8, 4) is 0 Å². The summed E-state index contributed by atoms with van der Waals surface area (Å²) < 4.78 is 1.97. The molecule has 1 aromatic heterocycles. The molecule has 1 heterocycles. The van der Waals surface area contributed by atoms with Crippen molar-refractivity contribution in [2.24, 2.45) is 0 Å². The summed E-state index contributed by atoms with van der Waals surface area (Å²) >= 11 is 0. The van der Waals surface area contributed by atoms with Gasteiger partial charge in [-0.25, -0.2) is 0 Å². The zero-order valence-corrected chi connectivity index (χ0v) is 13.1. The molecule has 3 heteroatoms. The van der Waals surface area contributed by atoms with Crippen LogP contribution >= 0.6 is 0 Å². The van der Waals surface area contributed by atoms with Gasteiger partial charge in [0.05, 0.1) is 11.8 Å². The zero-order chi connectivity index (χ0) is 14.9. The van der Waals surface area contributed by atoms with Crippen molar-refractivity contribution >= 4 is 0 Å². The third-order valence-corrected chi connectivity index (χ3v) is 3.76. The Hall–Kier alpha value is -1.61. The molecule has 3 nitrogen and oxygen atoms in total. The third kappa shape index (κ3) is 2.93. The lowest BCUT2D eigenvalue weighted by molar-refractivity contribution is 0.174. The normalized spacial score (nSPS) is 12.7. The number of aliphatic hydroxyl groups is 1. The molecule has 0 spiro atoms. The molecule has 0 aliphatic heterocycles. The fraction of sp³-hybridized carbons (Fsp3) is 0.471. The van der Waals surface area contributed by atoms with E-state index in [1.807, 2.05) is 11.6 Å². The van der Waals surface area contributed by atoms with Gasteiger partial charge in [0.1, 0.15) is 0 Å². The lowest BCUT2D eigenvalue weighted by Crippen LogP contribution is -2.11. The summed E-state index contributed by atoms with van der Waals surface area (Å²) in [5.41, 5.74) is 6.72. The topological polar surface area (TPSA) is 38.0 Å². The average molecular weight is 272 g/mol. The molecule has 1 unspecified atom stereocenters. The Labute approximate surface area is 121 Å². The first-order valence-corrected chi connectivity index (χ1v) is 7.21. The number of aliphatic hydroxyl groups excluding tert-OH is 1. The van der Waals surface area contributed by atoms with E-state index in [-0.39, 0.29) is 0 Å². The second kappa shape index (κ2) is 5.80. The molecule has 0 saturated heterocycles. The SMILES string of the molecule is CCn1nc(C)cc1CC(O)c1c(C)cc(C)cc1C. The molecule has 1 atom stereocenters. The maximum absolute atomic E-state index is 10.6. The van der Waals surface area contributed by atoms with Crippen LogP contribution in [0.4, 0.5) is 0 Å². The molecule has 0 aliphatic rings. The number of hydrogen-bond acceptors (Lipinski definition) is 2. The van der Waals surface area contributed by atoms with Crippen molar-refractivity contribution in [2.45, 2.75) is 53.7 Å². The van der Waals surface area contributed by atoms with Crippen LogP contribution in [-0.2, 0) is 13.0 Å². The Morgan fingerprint density at radius 3 is 2.25 bits per heavy atom. The van der Waals surface area contributed by atoms with Crippen LogP contribution in [-0.4, -0.2) is 14.9 Å². The van der Waals surface area contributed by atoms with Crippen LogP contribution in [0.3, 0.4) is 0 Å². The Morgan fingerprint density at radius 2 is 1.70 bits per heavy atom. The second-order valence-electron chi connectivity index (χ2n) is 5.63. The molecule has 0 aliphatic carbocycles. The van der Waals surface area contributed by atoms with Gasteiger partial charge in [-0.3, -0.25) is 4.68 Å². The van der Waals surface area contributed by atoms with Gasteiger partial charge in [-0.15, -0.1) is 0 Å². The third-order valence-electron chi connectivity index (χ3n) is 3.76. The predicted molar refractivity (Wildman–Crippen MR) is 82.0 cm³/mol. The molecule has 2 rings (SSSR count).